The zero-order valence-electron chi connectivity index (χ0n) is 10.1. The van der Waals surface area contributed by atoms with Gasteiger partial charge in [0.25, 0.3) is 0 Å². The second kappa shape index (κ2) is 5.14. The van der Waals surface area contributed by atoms with Gasteiger partial charge in [-0.05, 0) is 25.5 Å². The van der Waals surface area contributed by atoms with Gasteiger partial charge in [0.15, 0.2) is 0 Å². The van der Waals surface area contributed by atoms with Crippen LogP contribution >= 0.6 is 0 Å². The minimum absolute atomic E-state index is 0.0673. The van der Waals surface area contributed by atoms with Crippen molar-refractivity contribution in [3.8, 4) is 0 Å². The number of hydrogen-bond donors (Lipinski definition) is 2. The standard InChI is InChI=1S/C12H18N4O/c1-9-3-4-10(11(13)14)12(15-9)16-5-2-7-17-8-6-16/h3-4H,2,5-8H2,1H3,(H3,13,14). The molecule has 17 heavy (non-hydrogen) atoms. The highest BCUT2D eigenvalue weighted by atomic mass is 16.5. The highest BCUT2D eigenvalue weighted by Gasteiger charge is 2.16. The van der Waals surface area contributed by atoms with Gasteiger partial charge in [0.2, 0.25) is 0 Å². The molecule has 0 aliphatic carbocycles. The van der Waals surface area contributed by atoms with Gasteiger partial charge in [-0.25, -0.2) is 4.98 Å². The van der Waals surface area contributed by atoms with Crippen LogP contribution in [0.4, 0.5) is 5.82 Å². The van der Waals surface area contributed by atoms with Gasteiger partial charge in [0.05, 0.1) is 12.2 Å². The highest BCUT2D eigenvalue weighted by molar-refractivity contribution is 5.99. The van der Waals surface area contributed by atoms with E-state index in [0.717, 1.165) is 37.6 Å². The van der Waals surface area contributed by atoms with Gasteiger partial charge in [-0.15, -0.1) is 0 Å². The Morgan fingerprint density at radius 2 is 2.24 bits per heavy atom. The topological polar surface area (TPSA) is 75.2 Å². The van der Waals surface area contributed by atoms with E-state index >= 15 is 0 Å². The van der Waals surface area contributed by atoms with Crippen molar-refractivity contribution in [1.82, 2.24) is 4.98 Å². The van der Waals surface area contributed by atoms with E-state index in [0.29, 0.717) is 12.2 Å². The predicted octanol–water partition coefficient (Wildman–Crippen LogP) is 0.901. The van der Waals surface area contributed by atoms with Crippen molar-refractivity contribution in [3.63, 3.8) is 0 Å². The minimum atomic E-state index is 0.0673. The molecule has 0 radical (unpaired) electrons. The highest BCUT2D eigenvalue weighted by Crippen LogP contribution is 2.19. The molecule has 1 aliphatic heterocycles. The van der Waals surface area contributed by atoms with E-state index in [9.17, 15) is 0 Å². The fourth-order valence-electron chi connectivity index (χ4n) is 1.95. The number of anilines is 1. The molecule has 92 valence electrons. The summed E-state index contributed by atoms with van der Waals surface area (Å²) in [6.07, 6.45) is 0.979. The van der Waals surface area contributed by atoms with E-state index in [1.165, 1.54) is 0 Å². The van der Waals surface area contributed by atoms with Crippen LogP contribution in [0.5, 0.6) is 0 Å². The first-order valence-corrected chi connectivity index (χ1v) is 5.83. The monoisotopic (exact) mass is 234 g/mol. The molecule has 1 saturated heterocycles. The Morgan fingerprint density at radius 1 is 1.41 bits per heavy atom. The molecule has 0 saturated carbocycles. The number of aromatic nitrogens is 1. The normalized spacial score (nSPS) is 16.6. The SMILES string of the molecule is Cc1ccc(C(=N)N)c(N2CCCOCC2)n1. The molecule has 5 nitrogen and oxygen atoms in total. The molecule has 1 aromatic heterocycles. The average Bonchev–Trinajstić information content (AvgIpc) is 2.56. The summed E-state index contributed by atoms with van der Waals surface area (Å²) in [5.74, 6) is 0.876. The number of rotatable bonds is 2. The molecular formula is C12H18N4O. The number of pyridine rings is 1. The summed E-state index contributed by atoms with van der Waals surface area (Å²) in [4.78, 5) is 6.66. The Bertz CT molecular complexity index is 411. The number of nitrogens with one attached hydrogen (secondary N) is 1. The van der Waals surface area contributed by atoms with Crippen LogP contribution in [0, 0.1) is 12.3 Å². The zero-order valence-corrected chi connectivity index (χ0v) is 10.1. The van der Waals surface area contributed by atoms with Gasteiger partial charge >= 0.3 is 0 Å². The molecule has 0 amide bonds. The molecular weight excluding hydrogens is 216 g/mol. The van der Waals surface area contributed by atoms with Gasteiger partial charge < -0.3 is 15.4 Å². The largest absolute Gasteiger partial charge is 0.384 e. The first kappa shape index (κ1) is 11.9. The van der Waals surface area contributed by atoms with Crippen LogP contribution in [-0.2, 0) is 4.74 Å². The maximum Gasteiger partial charge on any atom is 0.139 e. The first-order valence-electron chi connectivity index (χ1n) is 5.83. The number of amidine groups is 1. The zero-order chi connectivity index (χ0) is 12.3. The van der Waals surface area contributed by atoms with Gasteiger partial charge in [-0.3, -0.25) is 5.41 Å². The van der Waals surface area contributed by atoms with Crippen LogP contribution in [0.2, 0.25) is 0 Å². The molecule has 0 spiro atoms. The second-order valence-corrected chi connectivity index (χ2v) is 4.19. The quantitative estimate of drug-likeness (QED) is 0.589. The van der Waals surface area contributed by atoms with Crippen LogP contribution in [0.1, 0.15) is 17.7 Å². The van der Waals surface area contributed by atoms with Crippen LogP contribution in [0.25, 0.3) is 0 Å². The van der Waals surface area contributed by atoms with Crippen molar-refractivity contribution < 1.29 is 4.74 Å². The van der Waals surface area contributed by atoms with Crippen LogP contribution in [-0.4, -0.2) is 37.1 Å². The molecule has 0 atom stereocenters. The Balaban J connectivity index is 2.34. The second-order valence-electron chi connectivity index (χ2n) is 4.19. The number of nitrogens with zero attached hydrogens (tertiary/aromatic N) is 2. The summed E-state index contributed by atoms with van der Waals surface area (Å²) in [6.45, 7) is 5.14. The molecule has 3 N–H and O–H groups in total. The molecule has 2 rings (SSSR count). The maximum absolute atomic E-state index is 7.60. The smallest absolute Gasteiger partial charge is 0.139 e. The molecule has 5 heteroatoms. The number of ether oxygens (including phenoxy) is 1. The summed E-state index contributed by atoms with van der Waals surface area (Å²) in [5.41, 5.74) is 7.24. The van der Waals surface area contributed by atoms with E-state index in [2.05, 4.69) is 9.88 Å². The third-order valence-electron chi connectivity index (χ3n) is 2.83. The van der Waals surface area contributed by atoms with Crippen molar-refractivity contribution >= 4 is 11.7 Å². The first-order chi connectivity index (χ1) is 8.18. The van der Waals surface area contributed by atoms with Gasteiger partial charge in [0.1, 0.15) is 11.7 Å². The fourth-order valence-corrected chi connectivity index (χ4v) is 1.95. The molecule has 2 heterocycles. The van der Waals surface area contributed by atoms with Crippen LogP contribution in [0.15, 0.2) is 12.1 Å². The lowest BCUT2D eigenvalue weighted by Gasteiger charge is -2.23. The number of nitrogens with two attached hydrogens (primary N) is 1. The predicted molar refractivity (Wildman–Crippen MR) is 67.6 cm³/mol. The van der Waals surface area contributed by atoms with Gasteiger partial charge in [-0.2, -0.15) is 0 Å². The lowest BCUT2D eigenvalue weighted by molar-refractivity contribution is 0.152. The third-order valence-corrected chi connectivity index (χ3v) is 2.83. The molecule has 1 aromatic rings. The molecule has 0 bridgehead atoms. The summed E-state index contributed by atoms with van der Waals surface area (Å²) in [7, 11) is 0. The molecule has 1 aliphatic rings. The lowest BCUT2D eigenvalue weighted by Crippen LogP contribution is -2.30. The number of nitrogen functional groups attached to an aromatic ring is 1. The van der Waals surface area contributed by atoms with Crippen molar-refractivity contribution in [2.75, 3.05) is 31.2 Å². The van der Waals surface area contributed by atoms with E-state index in [1.807, 2.05) is 19.1 Å². The Labute approximate surface area is 101 Å². The molecule has 0 aromatic carbocycles. The van der Waals surface area contributed by atoms with Crippen LogP contribution in [0.3, 0.4) is 0 Å². The van der Waals surface area contributed by atoms with Crippen molar-refractivity contribution in [2.24, 2.45) is 5.73 Å². The van der Waals surface area contributed by atoms with Crippen molar-refractivity contribution in [1.29, 1.82) is 5.41 Å². The number of aryl methyl sites for hydroxylation is 1. The average molecular weight is 234 g/mol. The van der Waals surface area contributed by atoms with Crippen molar-refractivity contribution in [3.05, 3.63) is 23.4 Å². The summed E-state index contributed by atoms with van der Waals surface area (Å²) in [6, 6.07) is 3.75. The molecule has 1 fully saturated rings. The van der Waals surface area contributed by atoms with E-state index in [4.69, 9.17) is 15.9 Å². The van der Waals surface area contributed by atoms with Crippen molar-refractivity contribution in [2.45, 2.75) is 13.3 Å². The minimum Gasteiger partial charge on any atom is -0.384 e. The van der Waals surface area contributed by atoms with E-state index < -0.39 is 0 Å². The Morgan fingerprint density at radius 3 is 3.00 bits per heavy atom. The Hall–Kier alpha value is -1.62. The maximum atomic E-state index is 7.60. The third kappa shape index (κ3) is 2.74. The fraction of sp³-hybridized carbons (Fsp3) is 0.500. The van der Waals surface area contributed by atoms with E-state index in [1.54, 1.807) is 0 Å². The number of hydrogen-bond acceptors (Lipinski definition) is 4. The summed E-state index contributed by atoms with van der Waals surface area (Å²) >= 11 is 0. The Kier molecular flexibility index (Phi) is 3.58. The summed E-state index contributed by atoms with van der Waals surface area (Å²) < 4.78 is 5.42. The lowest BCUT2D eigenvalue weighted by atomic mass is 10.2. The van der Waals surface area contributed by atoms with Gasteiger partial charge in [-0.1, -0.05) is 0 Å². The summed E-state index contributed by atoms with van der Waals surface area (Å²) in [5, 5.41) is 7.60. The van der Waals surface area contributed by atoms with Crippen LogP contribution < -0.4 is 10.6 Å². The van der Waals surface area contributed by atoms with E-state index in [-0.39, 0.29) is 5.84 Å². The molecule has 0 unspecified atom stereocenters. The van der Waals surface area contributed by atoms with Gasteiger partial charge in [0, 0.05) is 25.4 Å².